The molecule has 1 saturated heterocycles. The quantitative estimate of drug-likeness (QED) is 0.757. The molecule has 1 fully saturated rings. The Morgan fingerprint density at radius 3 is 2.13 bits per heavy atom. The van der Waals surface area contributed by atoms with Crippen LogP contribution in [0.4, 0.5) is 0 Å². The second-order valence-corrected chi connectivity index (χ2v) is 10.4. The van der Waals surface area contributed by atoms with Gasteiger partial charge >= 0.3 is 0 Å². The first-order chi connectivity index (χ1) is 14.1. The van der Waals surface area contributed by atoms with Crippen LogP contribution in [0.5, 0.6) is 0 Å². The van der Waals surface area contributed by atoms with Gasteiger partial charge in [-0.3, -0.25) is 9.78 Å². The van der Waals surface area contributed by atoms with Gasteiger partial charge in [-0.05, 0) is 48.9 Å². The van der Waals surface area contributed by atoms with Crippen molar-refractivity contribution in [1.29, 1.82) is 0 Å². The van der Waals surface area contributed by atoms with Crippen LogP contribution in [-0.4, -0.2) is 43.0 Å². The fourth-order valence-corrected chi connectivity index (χ4v) is 4.67. The number of sulfonamides is 1. The highest BCUT2D eigenvalue weighted by atomic mass is 32.2. The Hall–Kier alpha value is -2.25. The fraction of sp³-hybridized carbons (Fsp3) is 0.478. The van der Waals surface area contributed by atoms with Gasteiger partial charge in [-0.1, -0.05) is 38.1 Å². The molecule has 0 aliphatic carbocycles. The molecule has 0 spiro atoms. The van der Waals surface area contributed by atoms with Gasteiger partial charge in [0.1, 0.15) is 0 Å². The van der Waals surface area contributed by atoms with E-state index in [0.717, 1.165) is 24.1 Å². The third-order valence-corrected chi connectivity index (χ3v) is 7.14. The normalized spacial score (nSPS) is 17.1. The van der Waals surface area contributed by atoms with E-state index >= 15 is 0 Å². The SMILES string of the molecule is CC(C)c1ccc(C(C)NC(=O)c2ccc(C3CCN(S(C)(=O)=O)CC3)nc2)cc1. The van der Waals surface area contributed by atoms with E-state index in [9.17, 15) is 13.2 Å². The Morgan fingerprint density at radius 2 is 1.63 bits per heavy atom. The minimum Gasteiger partial charge on any atom is -0.345 e. The van der Waals surface area contributed by atoms with Gasteiger partial charge in [-0.2, -0.15) is 0 Å². The standard InChI is InChI=1S/C23H31N3O3S/c1-16(2)18-5-7-19(8-6-18)17(3)25-23(27)21-9-10-22(24-15-21)20-11-13-26(14-12-20)30(4,28)29/h5-10,15-17,20H,11-14H2,1-4H3,(H,25,27). The third kappa shape index (κ3) is 5.46. The maximum absolute atomic E-state index is 12.6. The van der Waals surface area contributed by atoms with E-state index in [0.29, 0.717) is 24.6 Å². The Bertz CT molecular complexity index is 962. The first kappa shape index (κ1) is 22.4. The smallest absolute Gasteiger partial charge is 0.253 e. The van der Waals surface area contributed by atoms with Crippen LogP contribution in [0.3, 0.4) is 0 Å². The molecule has 162 valence electrons. The molecule has 0 saturated carbocycles. The van der Waals surface area contributed by atoms with E-state index in [1.165, 1.54) is 16.1 Å². The molecule has 1 aliphatic heterocycles. The van der Waals surface area contributed by atoms with Crippen LogP contribution in [0.1, 0.15) is 78.7 Å². The number of aromatic nitrogens is 1. The van der Waals surface area contributed by atoms with E-state index < -0.39 is 10.0 Å². The lowest BCUT2D eigenvalue weighted by Gasteiger charge is -2.29. The van der Waals surface area contributed by atoms with Gasteiger partial charge < -0.3 is 5.32 Å². The van der Waals surface area contributed by atoms with Gasteiger partial charge in [0.2, 0.25) is 10.0 Å². The third-order valence-electron chi connectivity index (χ3n) is 5.84. The van der Waals surface area contributed by atoms with Crippen LogP contribution in [0, 0.1) is 0 Å². The van der Waals surface area contributed by atoms with Crippen LogP contribution >= 0.6 is 0 Å². The second kappa shape index (κ2) is 9.27. The summed E-state index contributed by atoms with van der Waals surface area (Å²) in [6.45, 7) is 7.32. The lowest BCUT2D eigenvalue weighted by atomic mass is 9.94. The van der Waals surface area contributed by atoms with Crippen LogP contribution in [-0.2, 0) is 10.0 Å². The van der Waals surface area contributed by atoms with Crippen LogP contribution in [0.15, 0.2) is 42.6 Å². The van der Waals surface area contributed by atoms with E-state index in [-0.39, 0.29) is 17.9 Å². The average Bonchev–Trinajstić information content (AvgIpc) is 2.73. The summed E-state index contributed by atoms with van der Waals surface area (Å²) in [5, 5.41) is 3.03. The average molecular weight is 430 g/mol. The highest BCUT2D eigenvalue weighted by Crippen LogP contribution is 2.27. The molecule has 30 heavy (non-hydrogen) atoms. The van der Waals surface area contributed by atoms with Gasteiger partial charge in [0.15, 0.2) is 0 Å². The highest BCUT2D eigenvalue weighted by Gasteiger charge is 2.26. The van der Waals surface area contributed by atoms with Crippen LogP contribution in [0.25, 0.3) is 0 Å². The zero-order valence-corrected chi connectivity index (χ0v) is 18.9. The number of hydrogen-bond acceptors (Lipinski definition) is 4. The van der Waals surface area contributed by atoms with Gasteiger partial charge in [-0.15, -0.1) is 0 Å². The molecule has 1 N–H and O–H groups in total. The number of carbonyl (C=O) groups excluding carboxylic acids is 1. The van der Waals surface area contributed by atoms with Crippen molar-refractivity contribution in [2.75, 3.05) is 19.3 Å². The summed E-state index contributed by atoms with van der Waals surface area (Å²) in [6, 6.07) is 11.9. The number of nitrogens with one attached hydrogen (secondary N) is 1. The molecule has 0 bridgehead atoms. The lowest BCUT2D eigenvalue weighted by molar-refractivity contribution is 0.0939. The van der Waals surface area contributed by atoms with Gasteiger partial charge in [0.25, 0.3) is 5.91 Å². The monoisotopic (exact) mass is 429 g/mol. The molecule has 0 radical (unpaired) electrons. The Kier molecular flexibility index (Phi) is 6.93. The molecule has 1 aromatic heterocycles. The van der Waals surface area contributed by atoms with Gasteiger partial charge in [-0.25, -0.2) is 12.7 Å². The molecule has 1 atom stereocenters. The summed E-state index contributed by atoms with van der Waals surface area (Å²) in [4.78, 5) is 17.1. The molecule has 1 aromatic carbocycles. The number of hydrogen-bond donors (Lipinski definition) is 1. The summed E-state index contributed by atoms with van der Waals surface area (Å²) >= 11 is 0. The second-order valence-electron chi connectivity index (χ2n) is 8.42. The molecule has 1 aliphatic rings. The predicted molar refractivity (Wildman–Crippen MR) is 119 cm³/mol. The van der Waals surface area contributed by atoms with Gasteiger partial charge in [0, 0.05) is 30.9 Å². The molecular formula is C23H31N3O3S. The number of rotatable bonds is 6. The molecule has 2 heterocycles. The minimum atomic E-state index is -3.13. The van der Waals surface area contributed by atoms with E-state index in [1.807, 2.05) is 13.0 Å². The first-order valence-electron chi connectivity index (χ1n) is 10.5. The van der Waals surface area contributed by atoms with Crippen LogP contribution < -0.4 is 5.32 Å². The van der Waals surface area contributed by atoms with Crippen molar-refractivity contribution in [2.45, 2.75) is 51.5 Å². The maximum atomic E-state index is 12.6. The number of pyridine rings is 1. The molecule has 3 rings (SSSR count). The van der Waals surface area contributed by atoms with Crippen molar-refractivity contribution in [2.24, 2.45) is 0 Å². The van der Waals surface area contributed by atoms with Crippen molar-refractivity contribution < 1.29 is 13.2 Å². The molecule has 1 unspecified atom stereocenters. The Balaban J connectivity index is 1.58. The van der Waals surface area contributed by atoms with Crippen molar-refractivity contribution in [3.63, 3.8) is 0 Å². The highest BCUT2D eigenvalue weighted by molar-refractivity contribution is 7.88. The molecule has 6 nitrogen and oxygen atoms in total. The van der Waals surface area contributed by atoms with E-state index in [4.69, 9.17) is 0 Å². The van der Waals surface area contributed by atoms with Crippen molar-refractivity contribution in [3.05, 3.63) is 65.0 Å². The first-order valence-corrected chi connectivity index (χ1v) is 12.3. The van der Waals surface area contributed by atoms with Crippen LogP contribution in [0.2, 0.25) is 0 Å². The summed E-state index contributed by atoms with van der Waals surface area (Å²) in [6.07, 6.45) is 4.35. The lowest BCUT2D eigenvalue weighted by Crippen LogP contribution is -2.37. The molecule has 7 heteroatoms. The fourth-order valence-electron chi connectivity index (χ4n) is 3.80. The zero-order chi connectivity index (χ0) is 21.9. The van der Waals surface area contributed by atoms with E-state index in [2.05, 4.69) is 48.4 Å². The summed E-state index contributed by atoms with van der Waals surface area (Å²) in [7, 11) is -3.13. The predicted octanol–water partition coefficient (Wildman–Crippen LogP) is 3.84. The van der Waals surface area contributed by atoms with Gasteiger partial charge in [0.05, 0.1) is 17.9 Å². The molecule has 2 aromatic rings. The molecular weight excluding hydrogens is 398 g/mol. The molecule has 1 amide bonds. The number of carbonyl (C=O) groups is 1. The Labute approximate surface area is 179 Å². The number of piperidine rings is 1. The zero-order valence-electron chi connectivity index (χ0n) is 18.1. The summed E-state index contributed by atoms with van der Waals surface area (Å²) in [5.74, 6) is 0.548. The van der Waals surface area contributed by atoms with Crippen molar-refractivity contribution >= 4 is 15.9 Å². The summed E-state index contributed by atoms with van der Waals surface area (Å²) < 4.78 is 24.8. The maximum Gasteiger partial charge on any atom is 0.253 e. The Morgan fingerprint density at radius 1 is 1.03 bits per heavy atom. The largest absolute Gasteiger partial charge is 0.345 e. The van der Waals surface area contributed by atoms with Crippen molar-refractivity contribution in [1.82, 2.24) is 14.6 Å². The number of nitrogens with zero attached hydrogens (tertiary/aromatic N) is 2. The van der Waals surface area contributed by atoms with Crippen molar-refractivity contribution in [3.8, 4) is 0 Å². The van der Waals surface area contributed by atoms with E-state index in [1.54, 1.807) is 12.3 Å². The topological polar surface area (TPSA) is 79.4 Å². The summed E-state index contributed by atoms with van der Waals surface area (Å²) in [5.41, 5.74) is 3.78. The number of benzene rings is 1. The number of amides is 1. The minimum absolute atomic E-state index is 0.0984.